The van der Waals surface area contributed by atoms with Crippen LogP contribution in [0.15, 0.2) is 0 Å². The maximum atomic E-state index is 9.22. The highest BCUT2D eigenvalue weighted by Gasteiger charge is 2.00. The summed E-state index contributed by atoms with van der Waals surface area (Å²) in [4.78, 5) is 1.79. The van der Waals surface area contributed by atoms with Crippen molar-refractivity contribution in [3.63, 3.8) is 0 Å². The second-order valence-electron chi connectivity index (χ2n) is 2.59. The van der Waals surface area contributed by atoms with Crippen molar-refractivity contribution in [3.05, 3.63) is 0 Å². The van der Waals surface area contributed by atoms with E-state index >= 15 is 0 Å². The van der Waals surface area contributed by atoms with Gasteiger partial charge in [-0.1, -0.05) is 0 Å². The molecule has 100 valence electrons. The first-order chi connectivity index (χ1) is 7.41. The molecule has 0 unspecified atom stereocenters. The Morgan fingerprint density at radius 2 is 1.31 bits per heavy atom. The zero-order valence-electron chi connectivity index (χ0n) is 9.07. The van der Waals surface area contributed by atoms with E-state index < -0.39 is 10.4 Å². The number of rotatable bonds is 7. The van der Waals surface area contributed by atoms with Gasteiger partial charge in [0.05, 0.1) is 26.9 Å². The van der Waals surface area contributed by atoms with Crippen LogP contribution >= 0.6 is 0 Å². The van der Waals surface area contributed by atoms with Crippen LogP contribution < -0.4 is 0 Å². The molecule has 9 heteroatoms. The molecule has 0 rings (SSSR count). The molecule has 0 radical (unpaired) electrons. The molecule has 0 aromatic heterocycles. The van der Waals surface area contributed by atoms with Crippen molar-refractivity contribution in [2.45, 2.75) is 0 Å². The lowest BCUT2D eigenvalue weighted by atomic mass is 10.4. The zero-order valence-corrected chi connectivity index (χ0v) is 9.89. The van der Waals surface area contributed by atoms with Crippen LogP contribution in [0, 0.1) is 0 Å². The summed E-state index contributed by atoms with van der Waals surface area (Å²) in [6.07, 6.45) is 0. The Balaban J connectivity index is 0. The normalized spacial score (nSPS) is 11.1. The van der Waals surface area contributed by atoms with Gasteiger partial charge >= 0.3 is 0 Å². The molecule has 0 saturated heterocycles. The lowest BCUT2D eigenvalue weighted by molar-refractivity contribution is 0.136. The molecule has 0 fully saturated rings. The van der Waals surface area contributed by atoms with E-state index in [1.165, 1.54) is 0 Å². The molecule has 0 aliphatic heterocycles. The number of aliphatic hydroxyl groups excluding tert-OH is 3. The molecule has 0 aromatic rings. The van der Waals surface area contributed by atoms with Gasteiger partial charge in [0.2, 0.25) is 10.4 Å². The third-order valence-corrected chi connectivity index (χ3v) is 1.86. The molecule has 0 atom stereocenters. The van der Waals surface area contributed by atoms with E-state index in [0.29, 0.717) is 19.6 Å². The molecule has 0 amide bonds. The Hall–Kier alpha value is -0.290. The average molecular weight is 260 g/mol. The maximum Gasteiger partial charge on any atom is 0.217 e. The van der Waals surface area contributed by atoms with Crippen LogP contribution in [-0.2, 0) is 14.6 Å². The Morgan fingerprint density at radius 3 is 1.44 bits per heavy atom. The van der Waals surface area contributed by atoms with Crippen molar-refractivity contribution in [1.29, 1.82) is 0 Å². The molecule has 16 heavy (non-hydrogen) atoms. The molecule has 8 nitrogen and oxygen atoms in total. The quantitative estimate of drug-likeness (QED) is 0.334. The predicted molar refractivity (Wildman–Crippen MR) is 54.4 cm³/mol. The number of aliphatic hydroxyl groups is 3. The van der Waals surface area contributed by atoms with Crippen molar-refractivity contribution < 1.29 is 32.5 Å². The van der Waals surface area contributed by atoms with Crippen molar-refractivity contribution in [3.8, 4) is 0 Å². The molecule has 0 aromatic carbocycles. The van der Waals surface area contributed by atoms with Crippen molar-refractivity contribution in [1.82, 2.24) is 4.90 Å². The van der Waals surface area contributed by atoms with E-state index in [-0.39, 0.29) is 19.8 Å². The number of hydrogen-bond donors (Lipinski definition) is 3. The van der Waals surface area contributed by atoms with Crippen LogP contribution in [0.4, 0.5) is 0 Å². The van der Waals surface area contributed by atoms with Gasteiger partial charge in [0.15, 0.2) is 0 Å². The topological polar surface area (TPSA) is 130 Å². The van der Waals surface area contributed by atoms with Crippen LogP contribution in [0.25, 0.3) is 0 Å². The minimum Gasteiger partial charge on any atom is -0.726 e. The molecule has 0 spiro atoms. The van der Waals surface area contributed by atoms with Gasteiger partial charge in [-0.15, -0.1) is 0 Å². The molecule has 0 aliphatic rings. The fraction of sp³-hybridized carbons (Fsp3) is 1.00. The Kier molecular flexibility index (Phi) is 12.7. The minimum absolute atomic E-state index is 0.0694. The molecular formula is C7H18NO7S-. The second-order valence-corrected chi connectivity index (χ2v) is 3.74. The second kappa shape index (κ2) is 11.2. The summed E-state index contributed by atoms with van der Waals surface area (Å²) in [5, 5.41) is 25.5. The smallest absolute Gasteiger partial charge is 0.217 e. The summed E-state index contributed by atoms with van der Waals surface area (Å²) >= 11 is 0. The van der Waals surface area contributed by atoms with E-state index in [4.69, 9.17) is 15.3 Å². The van der Waals surface area contributed by atoms with Crippen LogP contribution in [-0.4, -0.2) is 79.8 Å². The maximum absolute atomic E-state index is 9.22. The summed E-state index contributed by atoms with van der Waals surface area (Å²) in [5.74, 6) is 0. The van der Waals surface area contributed by atoms with E-state index in [9.17, 15) is 13.0 Å². The molecule has 0 saturated carbocycles. The zero-order chi connectivity index (χ0) is 13.0. The van der Waals surface area contributed by atoms with E-state index in [1.54, 1.807) is 4.90 Å². The molecule has 3 N–H and O–H groups in total. The monoisotopic (exact) mass is 260 g/mol. The minimum atomic E-state index is -4.41. The van der Waals surface area contributed by atoms with E-state index in [1.807, 2.05) is 0 Å². The summed E-state index contributed by atoms with van der Waals surface area (Å²) in [6, 6.07) is 0. The van der Waals surface area contributed by atoms with Gasteiger partial charge in [-0.2, -0.15) is 0 Å². The fourth-order valence-electron chi connectivity index (χ4n) is 0.760. The summed E-state index contributed by atoms with van der Waals surface area (Å²) < 4.78 is 31.0. The molecule has 0 bridgehead atoms. The first kappa shape index (κ1) is 18.1. The number of hydrogen-bond acceptors (Lipinski definition) is 8. The highest BCUT2D eigenvalue weighted by atomic mass is 32.3. The third-order valence-electron chi connectivity index (χ3n) is 1.45. The Morgan fingerprint density at radius 1 is 1.06 bits per heavy atom. The van der Waals surface area contributed by atoms with E-state index in [0.717, 1.165) is 7.11 Å². The van der Waals surface area contributed by atoms with Gasteiger partial charge in [-0.05, 0) is 0 Å². The molecular weight excluding hydrogens is 242 g/mol. The van der Waals surface area contributed by atoms with Crippen molar-refractivity contribution >= 4 is 10.4 Å². The summed E-state index contributed by atoms with van der Waals surface area (Å²) in [5.41, 5.74) is 0. The van der Waals surface area contributed by atoms with Crippen LogP contribution in [0.5, 0.6) is 0 Å². The third kappa shape index (κ3) is 16.2. The fourth-order valence-corrected chi connectivity index (χ4v) is 0.760. The van der Waals surface area contributed by atoms with Gasteiger partial charge in [0.1, 0.15) is 0 Å². The molecule has 0 heterocycles. The van der Waals surface area contributed by atoms with Gasteiger partial charge in [-0.25, -0.2) is 8.42 Å². The van der Waals surface area contributed by atoms with Gasteiger partial charge in [0, 0.05) is 19.6 Å². The summed E-state index contributed by atoms with van der Waals surface area (Å²) in [6.45, 7) is 1.75. The lowest BCUT2D eigenvalue weighted by Gasteiger charge is -2.17. The van der Waals surface area contributed by atoms with Crippen molar-refractivity contribution in [2.75, 3.05) is 46.6 Å². The highest BCUT2D eigenvalue weighted by molar-refractivity contribution is 7.80. The van der Waals surface area contributed by atoms with E-state index in [2.05, 4.69) is 4.18 Å². The predicted octanol–water partition coefficient (Wildman–Crippen LogP) is -2.64. The first-order valence-corrected chi connectivity index (χ1v) is 5.81. The Labute approximate surface area is 95.0 Å². The van der Waals surface area contributed by atoms with Gasteiger partial charge in [-0.3, -0.25) is 9.08 Å². The molecule has 0 aliphatic carbocycles. The SMILES string of the molecule is COS(=O)(=O)[O-].OCCN(CCO)CCO. The summed E-state index contributed by atoms with van der Waals surface area (Å²) in [7, 11) is -3.60. The standard InChI is InChI=1S/C6H15NO3.CH4O4S/c8-4-1-7(2-5-9)3-6-10;1-5-6(2,3)4/h8-10H,1-6H2;1H3,(H,2,3,4)/p-1. The van der Waals surface area contributed by atoms with Crippen LogP contribution in [0.2, 0.25) is 0 Å². The largest absolute Gasteiger partial charge is 0.726 e. The first-order valence-electron chi connectivity index (χ1n) is 4.47. The highest BCUT2D eigenvalue weighted by Crippen LogP contribution is 1.84. The number of nitrogens with zero attached hydrogens (tertiary/aromatic N) is 1. The van der Waals surface area contributed by atoms with Gasteiger partial charge < -0.3 is 19.9 Å². The van der Waals surface area contributed by atoms with Crippen LogP contribution in [0.3, 0.4) is 0 Å². The lowest BCUT2D eigenvalue weighted by Crippen LogP contribution is -2.32. The Bertz CT molecular complexity index is 217. The average Bonchev–Trinajstić information content (AvgIpc) is 2.19. The van der Waals surface area contributed by atoms with Gasteiger partial charge in [0.25, 0.3) is 0 Å². The van der Waals surface area contributed by atoms with Crippen molar-refractivity contribution in [2.24, 2.45) is 0 Å². The van der Waals surface area contributed by atoms with Crippen LogP contribution in [0.1, 0.15) is 0 Å².